The highest BCUT2D eigenvalue weighted by molar-refractivity contribution is 5.92. The molecule has 1 aliphatic rings. The molecule has 1 amide bonds. The van der Waals surface area contributed by atoms with E-state index in [2.05, 4.69) is 27.3 Å². The molecule has 0 radical (unpaired) electrons. The van der Waals surface area contributed by atoms with E-state index in [-0.39, 0.29) is 22.4 Å². The predicted molar refractivity (Wildman–Crippen MR) is 164 cm³/mol. The summed E-state index contributed by atoms with van der Waals surface area (Å²) in [5, 5.41) is 15.5. The number of amides is 1. The van der Waals surface area contributed by atoms with E-state index in [9.17, 15) is 14.9 Å². The second-order valence-electron chi connectivity index (χ2n) is 11.2. The Kier molecular flexibility index (Phi) is 8.69. The molecule has 0 saturated carbocycles. The zero-order valence-corrected chi connectivity index (χ0v) is 24.0. The Bertz CT molecular complexity index is 1540. The number of hydrogen-bond acceptors (Lipinski definition) is 5. The number of anilines is 1. The van der Waals surface area contributed by atoms with Crippen LogP contribution in [0.2, 0.25) is 0 Å². The number of rotatable bonds is 10. The van der Waals surface area contributed by atoms with Gasteiger partial charge in [0, 0.05) is 45.9 Å². The van der Waals surface area contributed by atoms with Gasteiger partial charge in [-0.15, -0.1) is 0 Å². The van der Waals surface area contributed by atoms with Crippen molar-refractivity contribution in [1.82, 2.24) is 9.88 Å². The summed E-state index contributed by atoms with van der Waals surface area (Å²) in [5.41, 5.74) is 6.15. The van der Waals surface area contributed by atoms with E-state index in [1.807, 2.05) is 50.2 Å². The van der Waals surface area contributed by atoms with E-state index in [4.69, 9.17) is 4.74 Å². The molecule has 8 heteroatoms. The molecular weight excluding hydrogens is 516 g/mol. The van der Waals surface area contributed by atoms with Crippen LogP contribution in [-0.2, 0) is 11.2 Å². The highest BCUT2D eigenvalue weighted by Crippen LogP contribution is 2.35. The first-order valence-electron chi connectivity index (χ1n) is 14.4. The lowest BCUT2D eigenvalue weighted by molar-refractivity contribution is -0.384. The van der Waals surface area contributed by atoms with Gasteiger partial charge in [0.05, 0.1) is 12.0 Å². The Morgan fingerprint density at radius 2 is 1.88 bits per heavy atom. The van der Waals surface area contributed by atoms with Gasteiger partial charge >= 0.3 is 0 Å². The Balaban J connectivity index is 1.25. The van der Waals surface area contributed by atoms with Crippen LogP contribution < -0.4 is 10.1 Å². The van der Waals surface area contributed by atoms with Crippen LogP contribution >= 0.6 is 0 Å². The number of piperidine rings is 1. The van der Waals surface area contributed by atoms with Crippen LogP contribution in [-0.4, -0.2) is 47.5 Å². The van der Waals surface area contributed by atoms with E-state index < -0.39 is 0 Å². The number of carbonyl (C=O) groups excluding carboxylic acids is 1. The number of aryl methyl sites for hydroxylation is 1. The van der Waals surface area contributed by atoms with E-state index >= 15 is 0 Å². The first-order valence-corrected chi connectivity index (χ1v) is 14.4. The largest absolute Gasteiger partial charge is 0.497 e. The number of hydrogen-bond donors (Lipinski definition) is 2. The minimum atomic E-state index is -0.351. The van der Waals surface area contributed by atoms with E-state index in [1.165, 1.54) is 11.6 Å². The second-order valence-corrected chi connectivity index (χ2v) is 11.2. The van der Waals surface area contributed by atoms with E-state index in [0.29, 0.717) is 5.92 Å². The van der Waals surface area contributed by atoms with Crippen molar-refractivity contribution in [3.63, 3.8) is 0 Å². The van der Waals surface area contributed by atoms with Crippen LogP contribution in [0.15, 0.2) is 66.7 Å². The monoisotopic (exact) mass is 554 g/mol. The van der Waals surface area contributed by atoms with Crippen molar-refractivity contribution in [2.45, 2.75) is 45.4 Å². The van der Waals surface area contributed by atoms with Gasteiger partial charge in [-0.05, 0) is 92.7 Å². The fourth-order valence-corrected chi connectivity index (χ4v) is 5.76. The molecule has 0 aliphatic carbocycles. The lowest BCUT2D eigenvalue weighted by atomic mass is 9.89. The molecular formula is C33H38N4O4. The molecule has 0 unspecified atom stereocenters. The quantitative estimate of drug-likeness (QED) is 0.160. The maximum Gasteiger partial charge on any atom is 0.270 e. The number of nitro groups is 1. The number of nitrogens with one attached hydrogen (secondary N) is 2. The van der Waals surface area contributed by atoms with Gasteiger partial charge in [-0.2, -0.15) is 0 Å². The highest BCUT2D eigenvalue weighted by atomic mass is 16.6. The van der Waals surface area contributed by atoms with Crippen LogP contribution in [0.5, 0.6) is 5.75 Å². The Morgan fingerprint density at radius 3 is 2.61 bits per heavy atom. The number of aromatic nitrogens is 1. The molecule has 5 rings (SSSR count). The van der Waals surface area contributed by atoms with Gasteiger partial charge < -0.3 is 19.9 Å². The lowest BCUT2D eigenvalue weighted by Gasteiger charge is -2.32. The van der Waals surface area contributed by atoms with Crippen LogP contribution in [0.3, 0.4) is 0 Å². The number of ether oxygens (including phenoxy) is 1. The third-order valence-corrected chi connectivity index (χ3v) is 8.10. The van der Waals surface area contributed by atoms with E-state index in [1.54, 1.807) is 19.2 Å². The Labute approximate surface area is 240 Å². The minimum absolute atomic E-state index is 0.0410. The summed E-state index contributed by atoms with van der Waals surface area (Å²) < 4.78 is 5.49. The molecule has 1 saturated heterocycles. The van der Waals surface area contributed by atoms with Gasteiger partial charge in [-0.1, -0.05) is 38.1 Å². The van der Waals surface area contributed by atoms with Crippen molar-refractivity contribution < 1.29 is 14.5 Å². The molecule has 1 fully saturated rings. The Morgan fingerprint density at radius 1 is 1.10 bits per heavy atom. The second kappa shape index (κ2) is 12.6. The standard InChI is InChI=1S/C33H38N4O4/c1-22(2)33(38)34-26-9-4-7-24(19-26)23-14-17-36(18-15-23)16-6-11-29-30-21-28(41-3)12-13-31(30)35-32(29)25-8-5-10-27(20-25)37(39)40/h4-5,7-10,12-13,19-23,35H,6,11,14-18H2,1-3H3,(H,34,38). The summed E-state index contributed by atoms with van der Waals surface area (Å²) in [4.78, 5) is 29.2. The molecule has 1 aromatic heterocycles. The average molecular weight is 555 g/mol. The summed E-state index contributed by atoms with van der Waals surface area (Å²) in [5.74, 6) is 1.27. The number of nitro benzene ring substituents is 1. The topological polar surface area (TPSA) is 100 Å². The van der Waals surface area contributed by atoms with Crippen molar-refractivity contribution in [3.8, 4) is 17.0 Å². The molecule has 41 heavy (non-hydrogen) atoms. The number of H-pyrrole nitrogens is 1. The van der Waals surface area contributed by atoms with Gasteiger partial charge in [-0.25, -0.2) is 0 Å². The number of carbonyl (C=O) groups is 1. The number of nitrogens with zero attached hydrogens (tertiary/aromatic N) is 2. The van der Waals surface area contributed by atoms with Crippen molar-refractivity contribution >= 4 is 28.2 Å². The molecule has 2 N–H and O–H groups in total. The van der Waals surface area contributed by atoms with Gasteiger partial charge in [0.2, 0.25) is 5.91 Å². The van der Waals surface area contributed by atoms with Crippen molar-refractivity contribution in [2.24, 2.45) is 5.92 Å². The number of non-ortho nitro benzene ring substituents is 1. The molecule has 214 valence electrons. The number of likely N-dealkylation sites (tertiary alicyclic amines) is 1. The van der Waals surface area contributed by atoms with Crippen LogP contribution in [0, 0.1) is 16.0 Å². The molecule has 4 aromatic rings. The first kappa shape index (κ1) is 28.4. The zero-order chi connectivity index (χ0) is 28.9. The van der Waals surface area contributed by atoms with Gasteiger partial charge in [0.15, 0.2) is 0 Å². The number of aromatic amines is 1. The Hall–Kier alpha value is -4.17. The summed E-state index contributed by atoms with van der Waals surface area (Å²) in [7, 11) is 1.66. The molecule has 0 bridgehead atoms. The summed E-state index contributed by atoms with van der Waals surface area (Å²) in [6, 6.07) is 21.1. The molecule has 1 aliphatic heterocycles. The average Bonchev–Trinajstić information content (AvgIpc) is 3.35. The molecule has 0 spiro atoms. The third kappa shape index (κ3) is 6.60. The molecule has 2 heterocycles. The number of fused-ring (bicyclic) bond motifs is 1. The fraction of sp³-hybridized carbons (Fsp3) is 0.364. The van der Waals surface area contributed by atoms with Gasteiger partial charge in [0.1, 0.15) is 5.75 Å². The van der Waals surface area contributed by atoms with Crippen molar-refractivity contribution in [3.05, 3.63) is 88.0 Å². The normalized spacial score (nSPS) is 14.4. The summed E-state index contributed by atoms with van der Waals surface area (Å²) in [6.45, 7) is 6.86. The lowest BCUT2D eigenvalue weighted by Crippen LogP contribution is -2.33. The maximum absolute atomic E-state index is 12.1. The smallest absolute Gasteiger partial charge is 0.270 e. The van der Waals surface area contributed by atoms with Crippen molar-refractivity contribution in [2.75, 3.05) is 32.1 Å². The zero-order valence-electron chi connectivity index (χ0n) is 24.0. The summed E-state index contributed by atoms with van der Waals surface area (Å²) >= 11 is 0. The highest BCUT2D eigenvalue weighted by Gasteiger charge is 2.22. The first-order chi connectivity index (χ1) is 19.8. The number of benzene rings is 3. The third-order valence-electron chi connectivity index (χ3n) is 8.10. The predicted octanol–water partition coefficient (Wildman–Crippen LogP) is 7.16. The van der Waals surface area contributed by atoms with Gasteiger partial charge in [0.25, 0.3) is 5.69 Å². The van der Waals surface area contributed by atoms with Crippen LogP contribution in [0.1, 0.15) is 50.2 Å². The molecule has 3 aromatic carbocycles. The SMILES string of the molecule is COc1ccc2[nH]c(-c3cccc([N+](=O)[O-])c3)c(CCCN3CCC(c4cccc(NC(=O)C(C)C)c4)CC3)c2c1. The van der Waals surface area contributed by atoms with Gasteiger partial charge in [-0.3, -0.25) is 14.9 Å². The maximum atomic E-state index is 12.1. The van der Waals surface area contributed by atoms with Crippen molar-refractivity contribution in [1.29, 1.82) is 0 Å². The van der Waals surface area contributed by atoms with E-state index in [0.717, 1.165) is 84.5 Å². The number of methoxy groups -OCH3 is 1. The van der Waals surface area contributed by atoms with Crippen LogP contribution in [0.4, 0.5) is 11.4 Å². The fourth-order valence-electron chi connectivity index (χ4n) is 5.76. The summed E-state index contributed by atoms with van der Waals surface area (Å²) in [6.07, 6.45) is 4.01. The van der Waals surface area contributed by atoms with Crippen LogP contribution in [0.25, 0.3) is 22.2 Å². The molecule has 0 atom stereocenters. The molecule has 8 nitrogen and oxygen atoms in total. The minimum Gasteiger partial charge on any atom is -0.497 e.